The molecule has 0 N–H and O–H groups in total. The molecule has 3 rings (SSSR count). The number of hydrogen-bond donors (Lipinski definition) is 0. The summed E-state index contributed by atoms with van der Waals surface area (Å²) >= 11 is 0. The van der Waals surface area contributed by atoms with E-state index >= 15 is 0 Å². The van der Waals surface area contributed by atoms with Crippen LogP contribution in [0.3, 0.4) is 0 Å². The molecule has 132 valence electrons. The average Bonchev–Trinajstić information content (AvgIpc) is 2.68. The molecule has 1 amide bonds. The summed E-state index contributed by atoms with van der Waals surface area (Å²) in [7, 11) is 0. The van der Waals surface area contributed by atoms with E-state index in [-0.39, 0.29) is 12.5 Å². The number of benzene rings is 2. The number of hydrogen-bond acceptors (Lipinski definition) is 4. The third-order valence-corrected chi connectivity index (χ3v) is 4.25. The Labute approximate surface area is 148 Å². The van der Waals surface area contributed by atoms with Gasteiger partial charge in [0.25, 0.3) is 5.91 Å². The van der Waals surface area contributed by atoms with E-state index in [0.29, 0.717) is 6.61 Å². The lowest BCUT2D eigenvalue weighted by Gasteiger charge is -2.34. The fourth-order valence-corrected chi connectivity index (χ4v) is 2.78. The van der Waals surface area contributed by atoms with Crippen LogP contribution in [0.2, 0.25) is 0 Å². The van der Waals surface area contributed by atoms with Crippen molar-refractivity contribution in [3.05, 3.63) is 60.7 Å². The molecule has 5 heteroatoms. The maximum atomic E-state index is 12.2. The number of ether oxygens (including phenoxy) is 2. The maximum Gasteiger partial charge on any atom is 0.260 e. The predicted octanol–water partition coefficient (Wildman–Crippen LogP) is 2.29. The van der Waals surface area contributed by atoms with Gasteiger partial charge in [-0.15, -0.1) is 0 Å². The first-order valence-corrected chi connectivity index (χ1v) is 8.67. The van der Waals surface area contributed by atoms with Gasteiger partial charge in [-0.25, -0.2) is 0 Å². The van der Waals surface area contributed by atoms with Crippen molar-refractivity contribution in [2.75, 3.05) is 45.9 Å². The summed E-state index contributed by atoms with van der Waals surface area (Å²) in [5.41, 5.74) is 0. The largest absolute Gasteiger partial charge is 0.492 e. The Kier molecular flexibility index (Phi) is 6.29. The molecular weight excluding hydrogens is 316 g/mol. The van der Waals surface area contributed by atoms with Gasteiger partial charge in [0, 0.05) is 32.7 Å². The lowest BCUT2D eigenvalue weighted by Crippen LogP contribution is -2.50. The number of nitrogens with zero attached hydrogens (tertiary/aromatic N) is 2. The highest BCUT2D eigenvalue weighted by molar-refractivity contribution is 5.77. The summed E-state index contributed by atoms with van der Waals surface area (Å²) in [6, 6.07) is 19.3. The van der Waals surface area contributed by atoms with Crippen molar-refractivity contribution in [1.29, 1.82) is 0 Å². The number of rotatable bonds is 7. The van der Waals surface area contributed by atoms with Crippen molar-refractivity contribution in [2.45, 2.75) is 0 Å². The zero-order valence-electron chi connectivity index (χ0n) is 14.3. The number of para-hydroxylation sites is 2. The van der Waals surface area contributed by atoms with Crippen LogP contribution in [0, 0.1) is 0 Å². The second kappa shape index (κ2) is 9.08. The minimum Gasteiger partial charge on any atom is -0.492 e. The molecule has 1 aliphatic heterocycles. The van der Waals surface area contributed by atoms with Crippen LogP contribution in [0.4, 0.5) is 0 Å². The van der Waals surface area contributed by atoms with Crippen molar-refractivity contribution in [1.82, 2.24) is 9.80 Å². The number of piperazine rings is 1. The van der Waals surface area contributed by atoms with E-state index in [1.54, 1.807) is 0 Å². The highest BCUT2D eigenvalue weighted by Crippen LogP contribution is 2.10. The summed E-state index contributed by atoms with van der Waals surface area (Å²) in [4.78, 5) is 16.4. The van der Waals surface area contributed by atoms with Crippen LogP contribution in [0.15, 0.2) is 60.7 Å². The van der Waals surface area contributed by atoms with E-state index in [9.17, 15) is 4.79 Å². The normalized spacial score (nSPS) is 15.0. The van der Waals surface area contributed by atoms with E-state index < -0.39 is 0 Å². The number of amides is 1. The van der Waals surface area contributed by atoms with Crippen molar-refractivity contribution in [2.24, 2.45) is 0 Å². The molecule has 2 aromatic rings. The third-order valence-electron chi connectivity index (χ3n) is 4.25. The van der Waals surface area contributed by atoms with Crippen LogP contribution in [-0.2, 0) is 4.79 Å². The molecule has 1 saturated heterocycles. The van der Waals surface area contributed by atoms with Crippen LogP contribution in [0.1, 0.15) is 0 Å². The zero-order valence-corrected chi connectivity index (χ0v) is 14.3. The summed E-state index contributed by atoms with van der Waals surface area (Å²) < 4.78 is 11.3. The average molecular weight is 340 g/mol. The van der Waals surface area contributed by atoms with E-state index in [4.69, 9.17) is 9.47 Å². The number of carbonyl (C=O) groups is 1. The fourth-order valence-electron chi connectivity index (χ4n) is 2.78. The minimum absolute atomic E-state index is 0.0454. The van der Waals surface area contributed by atoms with Gasteiger partial charge < -0.3 is 14.4 Å². The topological polar surface area (TPSA) is 42.0 Å². The highest BCUT2D eigenvalue weighted by Gasteiger charge is 2.21. The summed E-state index contributed by atoms with van der Waals surface area (Å²) in [6.45, 7) is 4.85. The molecule has 2 aromatic carbocycles. The van der Waals surface area contributed by atoms with Crippen molar-refractivity contribution >= 4 is 5.91 Å². The molecule has 1 aliphatic rings. The smallest absolute Gasteiger partial charge is 0.260 e. The number of carbonyl (C=O) groups excluding carboxylic acids is 1. The molecule has 1 heterocycles. The van der Waals surface area contributed by atoms with E-state index in [0.717, 1.165) is 44.2 Å². The molecular formula is C20H24N2O3. The predicted molar refractivity (Wildman–Crippen MR) is 96.9 cm³/mol. The Morgan fingerprint density at radius 1 is 0.800 bits per heavy atom. The minimum atomic E-state index is 0.0454. The summed E-state index contributed by atoms with van der Waals surface area (Å²) in [5.74, 6) is 1.67. The fraction of sp³-hybridized carbons (Fsp3) is 0.350. The summed E-state index contributed by atoms with van der Waals surface area (Å²) in [5, 5.41) is 0. The van der Waals surface area contributed by atoms with Crippen LogP contribution in [0.25, 0.3) is 0 Å². The van der Waals surface area contributed by atoms with E-state index in [1.807, 2.05) is 65.6 Å². The summed E-state index contributed by atoms with van der Waals surface area (Å²) in [6.07, 6.45) is 0. The van der Waals surface area contributed by atoms with Crippen LogP contribution >= 0.6 is 0 Å². The van der Waals surface area contributed by atoms with Gasteiger partial charge >= 0.3 is 0 Å². The molecule has 0 aliphatic carbocycles. The second-order valence-corrected chi connectivity index (χ2v) is 5.99. The molecule has 0 aromatic heterocycles. The van der Waals surface area contributed by atoms with Gasteiger partial charge in [0.1, 0.15) is 18.1 Å². The van der Waals surface area contributed by atoms with Gasteiger partial charge in [-0.2, -0.15) is 0 Å². The first-order valence-electron chi connectivity index (χ1n) is 8.67. The lowest BCUT2D eigenvalue weighted by molar-refractivity contribution is -0.135. The molecule has 0 radical (unpaired) electrons. The van der Waals surface area contributed by atoms with Crippen LogP contribution < -0.4 is 9.47 Å². The zero-order chi connectivity index (χ0) is 17.3. The lowest BCUT2D eigenvalue weighted by atomic mass is 10.3. The molecule has 25 heavy (non-hydrogen) atoms. The molecule has 0 unspecified atom stereocenters. The van der Waals surface area contributed by atoms with Crippen LogP contribution in [0.5, 0.6) is 11.5 Å². The van der Waals surface area contributed by atoms with Crippen molar-refractivity contribution in [3.8, 4) is 11.5 Å². The van der Waals surface area contributed by atoms with Gasteiger partial charge in [-0.1, -0.05) is 36.4 Å². The van der Waals surface area contributed by atoms with Crippen LogP contribution in [-0.4, -0.2) is 61.6 Å². The molecule has 0 atom stereocenters. The quantitative estimate of drug-likeness (QED) is 0.776. The van der Waals surface area contributed by atoms with Crippen molar-refractivity contribution in [3.63, 3.8) is 0 Å². The SMILES string of the molecule is O=C(COc1ccccc1)N1CCN(CCOc2ccccc2)CC1. The Balaban J connectivity index is 1.33. The van der Waals surface area contributed by atoms with Gasteiger partial charge in [-0.05, 0) is 24.3 Å². The Morgan fingerprint density at radius 2 is 1.36 bits per heavy atom. The second-order valence-electron chi connectivity index (χ2n) is 5.99. The maximum absolute atomic E-state index is 12.2. The molecule has 0 spiro atoms. The first kappa shape index (κ1) is 17.3. The van der Waals surface area contributed by atoms with Gasteiger partial charge in [-0.3, -0.25) is 9.69 Å². The third kappa shape index (κ3) is 5.50. The van der Waals surface area contributed by atoms with Gasteiger partial charge in [0.2, 0.25) is 0 Å². The standard InChI is InChI=1S/C20H24N2O3/c23-20(17-25-19-9-5-2-6-10-19)22-13-11-21(12-14-22)15-16-24-18-7-3-1-4-8-18/h1-10H,11-17H2. The molecule has 1 fully saturated rings. The van der Waals surface area contributed by atoms with E-state index in [1.165, 1.54) is 0 Å². The highest BCUT2D eigenvalue weighted by atomic mass is 16.5. The van der Waals surface area contributed by atoms with E-state index in [2.05, 4.69) is 4.90 Å². The Morgan fingerprint density at radius 3 is 1.96 bits per heavy atom. The monoisotopic (exact) mass is 340 g/mol. The Hall–Kier alpha value is -2.53. The molecule has 0 bridgehead atoms. The van der Waals surface area contributed by atoms with Crippen molar-refractivity contribution < 1.29 is 14.3 Å². The first-order chi connectivity index (χ1) is 12.3. The van der Waals surface area contributed by atoms with Gasteiger partial charge in [0.05, 0.1) is 0 Å². The Bertz CT molecular complexity index is 641. The molecule has 5 nitrogen and oxygen atoms in total. The van der Waals surface area contributed by atoms with Gasteiger partial charge in [0.15, 0.2) is 6.61 Å². The molecule has 0 saturated carbocycles.